The predicted octanol–water partition coefficient (Wildman–Crippen LogP) is 3.27. The Bertz CT molecular complexity index is 267. The van der Waals surface area contributed by atoms with Crippen molar-refractivity contribution in [2.45, 2.75) is 58.7 Å². The molecule has 0 aromatic carbocycles. The molecule has 0 bridgehead atoms. The number of unbranched alkanes of at least 4 members (excludes halogenated alkanes) is 1. The summed E-state index contributed by atoms with van der Waals surface area (Å²) in [7, 11) is 0. The van der Waals surface area contributed by atoms with Gasteiger partial charge in [0.25, 0.3) is 0 Å². The highest BCUT2D eigenvalue weighted by Crippen LogP contribution is 2.28. The van der Waals surface area contributed by atoms with Gasteiger partial charge in [0, 0.05) is 0 Å². The number of hydrogen-bond acceptors (Lipinski definition) is 3. The van der Waals surface area contributed by atoms with Gasteiger partial charge in [0.05, 0.1) is 12.5 Å². The summed E-state index contributed by atoms with van der Waals surface area (Å²) in [6.45, 7) is 5.83. The van der Waals surface area contributed by atoms with E-state index in [9.17, 15) is 18.0 Å². The van der Waals surface area contributed by atoms with E-state index in [0.29, 0.717) is 12.8 Å². The third kappa shape index (κ3) is 7.40. The van der Waals surface area contributed by atoms with Crippen LogP contribution in [0.25, 0.3) is 0 Å². The number of carbonyl (C=O) groups excluding carboxylic acids is 1. The Morgan fingerprint density at radius 2 is 1.84 bits per heavy atom. The summed E-state index contributed by atoms with van der Waals surface area (Å²) >= 11 is 0. The first-order chi connectivity index (χ1) is 8.70. The van der Waals surface area contributed by atoms with Crippen molar-refractivity contribution >= 4 is 5.97 Å². The average Bonchev–Trinajstić information content (AvgIpc) is 2.27. The fourth-order valence-corrected chi connectivity index (χ4v) is 1.61. The molecule has 0 saturated heterocycles. The molecule has 0 fully saturated rings. The van der Waals surface area contributed by atoms with Crippen molar-refractivity contribution in [3.63, 3.8) is 0 Å². The maximum Gasteiger partial charge on any atom is 0.404 e. The van der Waals surface area contributed by atoms with E-state index in [4.69, 9.17) is 10.5 Å². The highest BCUT2D eigenvalue weighted by atomic mass is 19.4. The van der Waals surface area contributed by atoms with E-state index in [0.717, 1.165) is 6.42 Å². The molecule has 3 nitrogen and oxygen atoms in total. The number of alkyl halides is 3. The zero-order valence-corrected chi connectivity index (χ0v) is 11.8. The standard InChI is InChI=1S/C13H24F3NO2/c1-4-5-8-19-12(18)10(7-6-9(2)3)11(17)13(14,15)16/h9-11H,4-8,17H2,1-3H3/t10-,11-/m0/s1. The maximum absolute atomic E-state index is 12.6. The van der Waals surface area contributed by atoms with Crippen LogP contribution in [0.15, 0.2) is 0 Å². The van der Waals surface area contributed by atoms with Crippen molar-refractivity contribution in [2.75, 3.05) is 6.61 Å². The Balaban J connectivity index is 4.61. The number of esters is 1. The lowest BCUT2D eigenvalue weighted by atomic mass is 9.91. The second-order valence-corrected chi connectivity index (χ2v) is 5.17. The fourth-order valence-electron chi connectivity index (χ4n) is 1.61. The van der Waals surface area contributed by atoms with Gasteiger partial charge in [-0.25, -0.2) is 0 Å². The first kappa shape index (κ1) is 18.2. The number of ether oxygens (including phenoxy) is 1. The first-order valence-electron chi connectivity index (χ1n) is 6.69. The minimum Gasteiger partial charge on any atom is -0.465 e. The van der Waals surface area contributed by atoms with Crippen LogP contribution in [0.2, 0.25) is 0 Å². The lowest BCUT2D eigenvalue weighted by Crippen LogP contribution is -2.47. The van der Waals surface area contributed by atoms with Crippen molar-refractivity contribution in [3.8, 4) is 0 Å². The number of carbonyl (C=O) groups is 1. The fraction of sp³-hybridized carbons (Fsp3) is 0.923. The number of hydrogen-bond donors (Lipinski definition) is 1. The van der Waals surface area contributed by atoms with E-state index >= 15 is 0 Å². The molecule has 0 spiro atoms. The lowest BCUT2D eigenvalue weighted by Gasteiger charge is -2.25. The van der Waals surface area contributed by atoms with E-state index < -0.39 is 24.1 Å². The Kier molecular flexibility index (Phi) is 8.06. The summed E-state index contributed by atoms with van der Waals surface area (Å²) in [6.07, 6.45) is -2.51. The van der Waals surface area contributed by atoms with Crippen molar-refractivity contribution < 1.29 is 22.7 Å². The zero-order valence-electron chi connectivity index (χ0n) is 11.8. The van der Waals surface area contributed by atoms with Gasteiger partial charge >= 0.3 is 12.1 Å². The predicted molar refractivity (Wildman–Crippen MR) is 67.5 cm³/mol. The third-order valence-corrected chi connectivity index (χ3v) is 2.91. The SMILES string of the molecule is CCCCOC(=O)[C@@H](CCC(C)C)[C@H](N)C(F)(F)F. The summed E-state index contributed by atoms with van der Waals surface area (Å²) < 4.78 is 42.8. The van der Waals surface area contributed by atoms with Crippen LogP contribution in [0, 0.1) is 11.8 Å². The molecule has 0 aliphatic heterocycles. The van der Waals surface area contributed by atoms with E-state index in [1.165, 1.54) is 0 Å². The molecule has 0 amide bonds. The highest BCUT2D eigenvalue weighted by Gasteiger charge is 2.45. The summed E-state index contributed by atoms with van der Waals surface area (Å²) in [5.41, 5.74) is 5.16. The average molecular weight is 283 g/mol. The summed E-state index contributed by atoms with van der Waals surface area (Å²) in [6, 6.07) is -2.15. The van der Waals surface area contributed by atoms with Gasteiger partial charge < -0.3 is 10.5 Å². The van der Waals surface area contributed by atoms with Gasteiger partial charge in [0.1, 0.15) is 6.04 Å². The van der Waals surface area contributed by atoms with Gasteiger partial charge in [-0.3, -0.25) is 4.79 Å². The van der Waals surface area contributed by atoms with Crippen LogP contribution in [0.3, 0.4) is 0 Å². The molecule has 0 saturated carbocycles. The Hall–Kier alpha value is -0.780. The monoisotopic (exact) mass is 283 g/mol. The summed E-state index contributed by atoms with van der Waals surface area (Å²) in [5.74, 6) is -1.93. The highest BCUT2D eigenvalue weighted by molar-refractivity contribution is 5.73. The summed E-state index contributed by atoms with van der Waals surface area (Å²) in [5, 5.41) is 0. The number of nitrogens with two attached hydrogens (primary N) is 1. The smallest absolute Gasteiger partial charge is 0.404 e. The molecule has 6 heteroatoms. The van der Waals surface area contributed by atoms with Crippen LogP contribution in [-0.2, 0) is 9.53 Å². The van der Waals surface area contributed by atoms with E-state index in [-0.39, 0.29) is 18.9 Å². The van der Waals surface area contributed by atoms with Gasteiger partial charge in [-0.15, -0.1) is 0 Å². The molecule has 0 heterocycles. The largest absolute Gasteiger partial charge is 0.465 e. The van der Waals surface area contributed by atoms with E-state index in [1.54, 1.807) is 0 Å². The third-order valence-electron chi connectivity index (χ3n) is 2.91. The molecule has 0 unspecified atom stereocenters. The normalized spacial score (nSPS) is 15.4. The van der Waals surface area contributed by atoms with Crippen LogP contribution in [0.1, 0.15) is 46.5 Å². The zero-order chi connectivity index (χ0) is 15.1. The van der Waals surface area contributed by atoms with Gasteiger partial charge in [0.2, 0.25) is 0 Å². The topological polar surface area (TPSA) is 52.3 Å². The van der Waals surface area contributed by atoms with Gasteiger partial charge in [-0.1, -0.05) is 33.6 Å². The molecule has 0 radical (unpaired) electrons. The Morgan fingerprint density at radius 3 is 2.26 bits per heavy atom. The Labute approximate surface area is 112 Å². The Morgan fingerprint density at radius 1 is 1.26 bits per heavy atom. The molecule has 2 N–H and O–H groups in total. The minimum absolute atomic E-state index is 0.100. The molecule has 0 aliphatic rings. The number of rotatable bonds is 8. The van der Waals surface area contributed by atoms with Crippen molar-refractivity contribution in [3.05, 3.63) is 0 Å². The summed E-state index contributed by atoms with van der Waals surface area (Å²) in [4.78, 5) is 11.7. The maximum atomic E-state index is 12.6. The van der Waals surface area contributed by atoms with Crippen LogP contribution in [-0.4, -0.2) is 24.8 Å². The lowest BCUT2D eigenvalue weighted by molar-refractivity contribution is -0.177. The molecule has 19 heavy (non-hydrogen) atoms. The number of halogens is 3. The van der Waals surface area contributed by atoms with Gasteiger partial charge in [-0.2, -0.15) is 13.2 Å². The van der Waals surface area contributed by atoms with Crippen molar-refractivity contribution in [2.24, 2.45) is 17.6 Å². The molecular formula is C13H24F3NO2. The molecule has 0 rings (SSSR count). The van der Waals surface area contributed by atoms with E-state index in [1.807, 2.05) is 20.8 Å². The molecule has 2 atom stereocenters. The second kappa shape index (κ2) is 8.40. The molecular weight excluding hydrogens is 259 g/mol. The van der Waals surface area contributed by atoms with Gasteiger partial charge in [-0.05, 0) is 18.8 Å². The van der Waals surface area contributed by atoms with Crippen molar-refractivity contribution in [1.82, 2.24) is 0 Å². The molecule has 0 aliphatic carbocycles. The van der Waals surface area contributed by atoms with Crippen LogP contribution in [0.4, 0.5) is 13.2 Å². The van der Waals surface area contributed by atoms with Crippen LogP contribution < -0.4 is 5.73 Å². The second-order valence-electron chi connectivity index (χ2n) is 5.17. The quantitative estimate of drug-likeness (QED) is 0.549. The van der Waals surface area contributed by atoms with E-state index in [2.05, 4.69) is 0 Å². The first-order valence-corrected chi connectivity index (χ1v) is 6.69. The molecule has 0 aromatic rings. The molecule has 114 valence electrons. The van der Waals surface area contributed by atoms with Crippen LogP contribution >= 0.6 is 0 Å². The minimum atomic E-state index is -4.58. The van der Waals surface area contributed by atoms with Crippen LogP contribution in [0.5, 0.6) is 0 Å². The molecule has 0 aromatic heterocycles. The van der Waals surface area contributed by atoms with Crippen molar-refractivity contribution in [1.29, 1.82) is 0 Å². The van der Waals surface area contributed by atoms with Gasteiger partial charge in [0.15, 0.2) is 0 Å².